The lowest BCUT2D eigenvalue weighted by atomic mass is 10.0. The zero-order valence-electron chi connectivity index (χ0n) is 20.4. The molecule has 0 radical (unpaired) electrons. The van der Waals surface area contributed by atoms with E-state index in [0.717, 1.165) is 52.0 Å². The summed E-state index contributed by atoms with van der Waals surface area (Å²) in [5, 5.41) is 19.8. The highest BCUT2D eigenvalue weighted by atomic mass is 16.5. The van der Waals surface area contributed by atoms with Crippen molar-refractivity contribution < 1.29 is 9.84 Å². The first-order chi connectivity index (χ1) is 17.6. The molecule has 5 aromatic rings. The average molecular weight is 484 g/mol. The number of aliphatic hydroxyl groups excluding tert-OH is 1. The Balaban J connectivity index is 1.64. The van der Waals surface area contributed by atoms with Crippen LogP contribution in [0.3, 0.4) is 0 Å². The smallest absolute Gasteiger partial charge is 0.154 e. The van der Waals surface area contributed by atoms with E-state index in [0.29, 0.717) is 18.1 Å². The number of aryl methyl sites for hydroxylation is 1. The molecule has 5 rings (SSSR count). The van der Waals surface area contributed by atoms with E-state index in [1.54, 1.807) is 22.5 Å². The molecule has 3 N–H and O–H groups in total. The van der Waals surface area contributed by atoms with Gasteiger partial charge in [0.25, 0.3) is 0 Å². The van der Waals surface area contributed by atoms with Gasteiger partial charge in [-0.15, -0.1) is 0 Å². The second-order valence-electron chi connectivity index (χ2n) is 8.72. The van der Waals surface area contributed by atoms with Crippen molar-refractivity contribution in [3.05, 3.63) is 78.4 Å². The average Bonchev–Trinajstić information content (AvgIpc) is 3.54. The molecule has 0 amide bonds. The van der Waals surface area contributed by atoms with Crippen LogP contribution >= 0.6 is 0 Å². The van der Waals surface area contributed by atoms with Crippen molar-refractivity contribution in [3.8, 4) is 28.3 Å². The predicted molar refractivity (Wildman–Crippen MR) is 138 cm³/mol. The minimum absolute atomic E-state index is 0.140. The van der Waals surface area contributed by atoms with Gasteiger partial charge in [-0.1, -0.05) is 12.1 Å². The van der Waals surface area contributed by atoms with Gasteiger partial charge in [-0.3, -0.25) is 9.67 Å². The summed E-state index contributed by atoms with van der Waals surface area (Å²) < 4.78 is 8.73. The molecule has 0 aliphatic rings. The first kappa shape index (κ1) is 23.8. The number of fused-ring (bicyclic) bond motifs is 1. The Hall–Kier alpha value is -3.92. The van der Waals surface area contributed by atoms with Gasteiger partial charge >= 0.3 is 0 Å². The molecule has 1 atom stereocenters. The lowest BCUT2D eigenvalue weighted by Gasteiger charge is -2.13. The molecule has 0 bridgehead atoms. The Kier molecular flexibility index (Phi) is 6.86. The molecule has 0 saturated carbocycles. The maximum Gasteiger partial charge on any atom is 0.154 e. The highest BCUT2D eigenvalue weighted by molar-refractivity contribution is 5.97. The van der Waals surface area contributed by atoms with Crippen LogP contribution in [-0.4, -0.2) is 48.4 Å². The number of methoxy groups -OCH3 is 1. The molecule has 9 heteroatoms. The Morgan fingerprint density at radius 2 is 1.92 bits per heavy atom. The molecule has 184 valence electrons. The first-order valence-electron chi connectivity index (χ1n) is 11.9. The summed E-state index contributed by atoms with van der Waals surface area (Å²) in [5.41, 5.74) is 12.3. The summed E-state index contributed by atoms with van der Waals surface area (Å²) in [6, 6.07) is 17.4. The fourth-order valence-electron chi connectivity index (χ4n) is 4.31. The van der Waals surface area contributed by atoms with Gasteiger partial charge in [0.15, 0.2) is 5.82 Å². The molecule has 1 aromatic carbocycles. The number of aliphatic hydroxyl groups is 1. The fraction of sp³-hybridized carbons (Fsp3) is 0.259. The van der Waals surface area contributed by atoms with Gasteiger partial charge in [-0.2, -0.15) is 10.2 Å². The van der Waals surface area contributed by atoms with Crippen LogP contribution in [0.5, 0.6) is 0 Å². The standard InChI is InChI=1S/C27H29N7O2/c1-33-12-11-24(32-33)20-14-18(23-8-4-9-25(31-23)22(28)7-5-13-36-2)15-26-21(20)16-29-34(26)27-10-3-6-19(17-35)30-27/h3-4,6,8-12,14-16,22,35H,5,7,13,17,28H2,1-2H3. The highest BCUT2D eigenvalue weighted by Gasteiger charge is 2.17. The third kappa shape index (κ3) is 4.76. The third-order valence-corrected chi connectivity index (χ3v) is 6.16. The van der Waals surface area contributed by atoms with E-state index < -0.39 is 0 Å². The molecule has 4 aromatic heterocycles. The van der Waals surface area contributed by atoms with Crippen LogP contribution in [0.15, 0.2) is 67.0 Å². The number of aromatic nitrogens is 6. The van der Waals surface area contributed by atoms with Gasteiger partial charge in [0.2, 0.25) is 0 Å². The minimum Gasteiger partial charge on any atom is -0.390 e. The van der Waals surface area contributed by atoms with Crippen molar-refractivity contribution in [2.75, 3.05) is 13.7 Å². The number of nitrogens with two attached hydrogens (primary N) is 1. The molecule has 0 fully saturated rings. The lowest BCUT2D eigenvalue weighted by molar-refractivity contribution is 0.190. The zero-order valence-corrected chi connectivity index (χ0v) is 20.4. The normalized spacial score (nSPS) is 12.3. The summed E-state index contributed by atoms with van der Waals surface area (Å²) >= 11 is 0. The van der Waals surface area contributed by atoms with E-state index in [-0.39, 0.29) is 12.6 Å². The summed E-state index contributed by atoms with van der Waals surface area (Å²) in [4.78, 5) is 9.47. The van der Waals surface area contributed by atoms with Crippen LogP contribution < -0.4 is 5.73 Å². The van der Waals surface area contributed by atoms with Crippen molar-refractivity contribution in [1.82, 2.24) is 29.5 Å². The molecular weight excluding hydrogens is 454 g/mol. The summed E-state index contributed by atoms with van der Waals surface area (Å²) in [5.74, 6) is 0.627. The van der Waals surface area contributed by atoms with E-state index in [1.807, 2.05) is 55.8 Å². The number of rotatable bonds is 9. The second-order valence-corrected chi connectivity index (χ2v) is 8.72. The van der Waals surface area contributed by atoms with Gasteiger partial charge < -0.3 is 15.6 Å². The number of ether oxygens (including phenoxy) is 1. The van der Waals surface area contributed by atoms with Crippen molar-refractivity contribution >= 4 is 10.9 Å². The van der Waals surface area contributed by atoms with Gasteiger partial charge in [0.05, 0.1) is 41.1 Å². The van der Waals surface area contributed by atoms with Crippen molar-refractivity contribution in [3.63, 3.8) is 0 Å². The van der Waals surface area contributed by atoms with E-state index in [4.69, 9.17) is 15.5 Å². The first-order valence-corrected chi connectivity index (χ1v) is 11.9. The van der Waals surface area contributed by atoms with Crippen LogP contribution in [0.1, 0.15) is 30.3 Å². The summed E-state index contributed by atoms with van der Waals surface area (Å²) in [6.45, 7) is 0.534. The van der Waals surface area contributed by atoms with Crippen molar-refractivity contribution in [2.45, 2.75) is 25.5 Å². The summed E-state index contributed by atoms with van der Waals surface area (Å²) in [6.07, 6.45) is 5.41. The van der Waals surface area contributed by atoms with E-state index in [9.17, 15) is 5.11 Å². The van der Waals surface area contributed by atoms with Gasteiger partial charge in [0.1, 0.15) is 0 Å². The van der Waals surface area contributed by atoms with Gasteiger partial charge in [-0.05, 0) is 55.3 Å². The topological polar surface area (TPSA) is 117 Å². The Labute approximate surface area is 209 Å². The third-order valence-electron chi connectivity index (χ3n) is 6.16. The molecule has 36 heavy (non-hydrogen) atoms. The SMILES string of the molecule is COCCCC(N)c1cccc(-c2cc(-c3ccn(C)n3)c3cnn(-c4cccc(CO)n4)c3c2)n1. The molecule has 1 unspecified atom stereocenters. The molecule has 4 heterocycles. The van der Waals surface area contributed by atoms with Crippen LogP contribution in [0.2, 0.25) is 0 Å². The van der Waals surface area contributed by atoms with Crippen LogP contribution in [0.25, 0.3) is 39.2 Å². The number of hydrogen-bond acceptors (Lipinski definition) is 7. The molecule has 0 aliphatic carbocycles. The largest absolute Gasteiger partial charge is 0.390 e. The maximum atomic E-state index is 9.57. The van der Waals surface area contributed by atoms with E-state index in [2.05, 4.69) is 27.3 Å². The number of hydrogen-bond donors (Lipinski definition) is 2. The fourth-order valence-corrected chi connectivity index (χ4v) is 4.31. The van der Waals surface area contributed by atoms with Gasteiger partial charge in [-0.25, -0.2) is 9.67 Å². The molecule has 9 nitrogen and oxygen atoms in total. The quantitative estimate of drug-likeness (QED) is 0.306. The lowest BCUT2D eigenvalue weighted by Crippen LogP contribution is -2.13. The Morgan fingerprint density at radius 3 is 2.69 bits per heavy atom. The number of benzene rings is 1. The monoisotopic (exact) mass is 483 g/mol. The molecule has 0 aliphatic heterocycles. The predicted octanol–water partition coefficient (Wildman–Crippen LogP) is 3.80. The summed E-state index contributed by atoms with van der Waals surface area (Å²) in [7, 11) is 3.59. The highest BCUT2D eigenvalue weighted by Crippen LogP contribution is 2.34. The van der Waals surface area contributed by atoms with E-state index in [1.165, 1.54) is 0 Å². The number of nitrogens with zero attached hydrogens (tertiary/aromatic N) is 6. The minimum atomic E-state index is -0.171. The zero-order chi connectivity index (χ0) is 25.1. The van der Waals surface area contributed by atoms with Gasteiger partial charge in [0, 0.05) is 49.5 Å². The van der Waals surface area contributed by atoms with Crippen molar-refractivity contribution in [1.29, 1.82) is 0 Å². The Bertz CT molecular complexity index is 1490. The Morgan fingerprint density at radius 1 is 1.06 bits per heavy atom. The van der Waals surface area contributed by atoms with Crippen LogP contribution in [0, 0.1) is 0 Å². The van der Waals surface area contributed by atoms with Crippen molar-refractivity contribution in [2.24, 2.45) is 12.8 Å². The van der Waals surface area contributed by atoms with Crippen LogP contribution in [-0.2, 0) is 18.4 Å². The molecule has 0 spiro atoms. The van der Waals surface area contributed by atoms with Crippen LogP contribution in [0.4, 0.5) is 0 Å². The molecular formula is C27H29N7O2. The number of pyridine rings is 2. The maximum absolute atomic E-state index is 9.57. The molecule has 0 saturated heterocycles. The van der Waals surface area contributed by atoms with E-state index >= 15 is 0 Å². The second kappa shape index (κ2) is 10.4.